The lowest BCUT2D eigenvalue weighted by Gasteiger charge is -2.16. The van der Waals surface area contributed by atoms with Crippen LogP contribution in [0.1, 0.15) is 12.8 Å². The molecule has 2 aliphatic rings. The lowest BCUT2D eigenvalue weighted by molar-refractivity contribution is -0.129. The first-order valence-corrected chi connectivity index (χ1v) is 7.50. The maximum atomic E-state index is 12.1. The van der Waals surface area contributed by atoms with Gasteiger partial charge in [-0.05, 0) is 37.1 Å². The number of nitrogens with zero attached hydrogens (tertiary/aromatic N) is 2. The molecule has 0 aromatic heterocycles. The summed E-state index contributed by atoms with van der Waals surface area (Å²) in [5.74, 6) is -0.686. The fourth-order valence-corrected chi connectivity index (χ4v) is 2.53. The van der Waals surface area contributed by atoms with Gasteiger partial charge in [-0.1, -0.05) is 15.9 Å². The predicted octanol–water partition coefficient (Wildman–Crippen LogP) is 1.81. The van der Waals surface area contributed by atoms with Crippen molar-refractivity contribution in [1.82, 2.24) is 9.80 Å². The van der Waals surface area contributed by atoms with Gasteiger partial charge in [-0.2, -0.15) is 0 Å². The van der Waals surface area contributed by atoms with Crippen LogP contribution in [-0.2, 0) is 9.59 Å². The molecule has 1 aromatic rings. The molecule has 1 aromatic carbocycles. The molecule has 6 nitrogen and oxygen atoms in total. The minimum atomic E-state index is -0.378. The number of carbonyl (C=O) groups excluding carboxylic acids is 3. The molecule has 1 aliphatic carbocycles. The average Bonchev–Trinajstić information content (AvgIpc) is 3.24. The summed E-state index contributed by atoms with van der Waals surface area (Å²) < 4.78 is 0.908. The first-order valence-electron chi connectivity index (χ1n) is 6.71. The minimum absolute atomic E-state index is 0.0923. The van der Waals surface area contributed by atoms with Crippen molar-refractivity contribution in [1.29, 1.82) is 0 Å². The van der Waals surface area contributed by atoms with Gasteiger partial charge in [-0.25, -0.2) is 4.79 Å². The molecular formula is C14H14BrN3O3. The summed E-state index contributed by atoms with van der Waals surface area (Å²) >= 11 is 3.31. The number of nitrogens with one attached hydrogen (secondary N) is 1. The van der Waals surface area contributed by atoms with Crippen LogP contribution in [0.4, 0.5) is 10.5 Å². The lowest BCUT2D eigenvalue weighted by atomic mass is 10.3. The van der Waals surface area contributed by atoms with Crippen molar-refractivity contribution in [3.8, 4) is 0 Å². The van der Waals surface area contributed by atoms with E-state index in [0.29, 0.717) is 5.69 Å². The molecule has 0 radical (unpaired) electrons. The number of carbonyl (C=O) groups is 3. The number of hydrogen-bond acceptors (Lipinski definition) is 3. The Hall–Kier alpha value is -1.89. The van der Waals surface area contributed by atoms with Gasteiger partial charge in [0.25, 0.3) is 5.91 Å². The Kier molecular flexibility index (Phi) is 3.67. The fraction of sp³-hybridized carbons (Fsp3) is 0.357. The van der Waals surface area contributed by atoms with Gasteiger partial charge in [0.1, 0.15) is 13.1 Å². The topological polar surface area (TPSA) is 69.7 Å². The van der Waals surface area contributed by atoms with E-state index in [1.165, 1.54) is 0 Å². The van der Waals surface area contributed by atoms with Crippen molar-refractivity contribution < 1.29 is 14.4 Å². The third-order valence-electron chi connectivity index (χ3n) is 3.50. The second-order valence-corrected chi connectivity index (χ2v) is 6.09. The number of anilines is 1. The van der Waals surface area contributed by atoms with Gasteiger partial charge in [0.2, 0.25) is 5.91 Å². The molecule has 0 bridgehead atoms. The van der Waals surface area contributed by atoms with E-state index >= 15 is 0 Å². The zero-order chi connectivity index (χ0) is 15.0. The molecule has 1 saturated carbocycles. The zero-order valence-corrected chi connectivity index (χ0v) is 12.8. The molecule has 1 N–H and O–H groups in total. The first-order chi connectivity index (χ1) is 10.0. The molecular weight excluding hydrogens is 338 g/mol. The maximum Gasteiger partial charge on any atom is 0.327 e. The monoisotopic (exact) mass is 351 g/mol. The number of rotatable bonds is 4. The number of benzene rings is 1. The molecule has 2 fully saturated rings. The summed E-state index contributed by atoms with van der Waals surface area (Å²) in [6.45, 7) is -0.147. The zero-order valence-electron chi connectivity index (χ0n) is 11.2. The molecule has 0 spiro atoms. The van der Waals surface area contributed by atoms with E-state index in [-0.39, 0.29) is 37.0 Å². The molecule has 1 heterocycles. The summed E-state index contributed by atoms with van der Waals surface area (Å²) in [7, 11) is 0. The van der Waals surface area contributed by atoms with Crippen LogP contribution in [0, 0.1) is 0 Å². The number of amides is 4. The minimum Gasteiger partial charge on any atom is -0.325 e. The predicted molar refractivity (Wildman–Crippen MR) is 79.6 cm³/mol. The van der Waals surface area contributed by atoms with Crippen LogP contribution < -0.4 is 5.32 Å². The van der Waals surface area contributed by atoms with E-state index in [1.54, 1.807) is 29.2 Å². The van der Waals surface area contributed by atoms with Crippen LogP contribution in [0.5, 0.6) is 0 Å². The Morgan fingerprint density at radius 3 is 2.52 bits per heavy atom. The third kappa shape index (κ3) is 3.07. The van der Waals surface area contributed by atoms with Gasteiger partial charge < -0.3 is 10.2 Å². The second kappa shape index (κ2) is 5.48. The van der Waals surface area contributed by atoms with Crippen molar-refractivity contribution in [2.24, 2.45) is 0 Å². The molecule has 7 heteroatoms. The number of halogens is 1. The van der Waals surface area contributed by atoms with Crippen molar-refractivity contribution in [2.45, 2.75) is 18.9 Å². The Morgan fingerprint density at radius 2 is 1.90 bits per heavy atom. The van der Waals surface area contributed by atoms with E-state index in [0.717, 1.165) is 22.2 Å². The van der Waals surface area contributed by atoms with E-state index in [9.17, 15) is 14.4 Å². The van der Waals surface area contributed by atoms with Gasteiger partial charge in [-0.15, -0.1) is 0 Å². The molecule has 0 unspecified atom stereocenters. The van der Waals surface area contributed by atoms with Crippen LogP contribution in [0.25, 0.3) is 0 Å². The summed E-state index contributed by atoms with van der Waals surface area (Å²) in [4.78, 5) is 38.4. The normalized spacial score (nSPS) is 18.3. The van der Waals surface area contributed by atoms with Crippen LogP contribution in [0.3, 0.4) is 0 Å². The standard InChI is InChI=1S/C14H14BrN3O3/c15-9-1-3-10(4-2-9)16-12(19)7-18-13(20)8-17(14(18)21)11-5-6-11/h1-4,11H,5-8H2,(H,16,19). The van der Waals surface area contributed by atoms with E-state index < -0.39 is 0 Å². The highest BCUT2D eigenvalue weighted by atomic mass is 79.9. The molecule has 1 aliphatic heterocycles. The van der Waals surface area contributed by atoms with E-state index in [1.807, 2.05) is 0 Å². The summed E-state index contributed by atoms with van der Waals surface area (Å²) in [6.07, 6.45) is 1.88. The SMILES string of the molecule is O=C(CN1C(=O)CN(C2CC2)C1=O)Nc1ccc(Br)cc1. The quantitative estimate of drug-likeness (QED) is 0.841. The van der Waals surface area contributed by atoms with Crippen molar-refractivity contribution in [2.75, 3.05) is 18.4 Å². The van der Waals surface area contributed by atoms with E-state index in [2.05, 4.69) is 21.2 Å². The summed E-state index contributed by atoms with van der Waals surface area (Å²) in [5, 5.41) is 2.67. The first kappa shape index (κ1) is 14.1. The van der Waals surface area contributed by atoms with E-state index in [4.69, 9.17) is 0 Å². The summed E-state index contributed by atoms with van der Waals surface area (Å²) in [6, 6.07) is 6.92. The largest absolute Gasteiger partial charge is 0.327 e. The van der Waals surface area contributed by atoms with Crippen LogP contribution in [0.15, 0.2) is 28.7 Å². The van der Waals surface area contributed by atoms with Crippen LogP contribution in [-0.4, -0.2) is 46.8 Å². The Balaban J connectivity index is 1.60. The number of urea groups is 1. The molecule has 110 valence electrons. The Morgan fingerprint density at radius 1 is 1.24 bits per heavy atom. The van der Waals surface area contributed by atoms with Gasteiger partial charge >= 0.3 is 6.03 Å². The number of hydrogen-bond donors (Lipinski definition) is 1. The van der Waals surface area contributed by atoms with Gasteiger partial charge in [0.15, 0.2) is 0 Å². The Labute approximate surface area is 130 Å². The second-order valence-electron chi connectivity index (χ2n) is 5.18. The highest BCUT2D eigenvalue weighted by Gasteiger charge is 2.44. The van der Waals surface area contributed by atoms with Crippen LogP contribution >= 0.6 is 15.9 Å². The molecule has 0 atom stereocenters. The fourth-order valence-electron chi connectivity index (χ4n) is 2.27. The molecule has 21 heavy (non-hydrogen) atoms. The van der Waals surface area contributed by atoms with Crippen LogP contribution in [0.2, 0.25) is 0 Å². The summed E-state index contributed by atoms with van der Waals surface area (Å²) in [5.41, 5.74) is 0.626. The molecule has 3 rings (SSSR count). The number of imide groups is 1. The highest BCUT2D eigenvalue weighted by molar-refractivity contribution is 9.10. The van der Waals surface area contributed by atoms with Gasteiger partial charge in [0.05, 0.1) is 0 Å². The van der Waals surface area contributed by atoms with Crippen molar-refractivity contribution >= 4 is 39.5 Å². The molecule has 4 amide bonds. The smallest absolute Gasteiger partial charge is 0.325 e. The third-order valence-corrected chi connectivity index (χ3v) is 4.03. The highest BCUT2D eigenvalue weighted by Crippen LogP contribution is 2.30. The Bertz CT molecular complexity index is 598. The van der Waals surface area contributed by atoms with Crippen molar-refractivity contribution in [3.63, 3.8) is 0 Å². The van der Waals surface area contributed by atoms with Gasteiger partial charge in [0, 0.05) is 16.2 Å². The maximum absolute atomic E-state index is 12.1. The average molecular weight is 352 g/mol. The van der Waals surface area contributed by atoms with Crippen molar-refractivity contribution in [3.05, 3.63) is 28.7 Å². The van der Waals surface area contributed by atoms with Gasteiger partial charge in [-0.3, -0.25) is 14.5 Å². The lowest BCUT2D eigenvalue weighted by Crippen LogP contribution is -2.39. The molecule has 1 saturated heterocycles.